The van der Waals surface area contributed by atoms with Crippen LogP contribution in [0.25, 0.3) is 0 Å². The molecule has 2 amide bonds. The van der Waals surface area contributed by atoms with Gasteiger partial charge in [0.2, 0.25) is 6.41 Å². The van der Waals surface area contributed by atoms with Crippen LogP contribution >= 0.6 is 8.53 Å². The third-order valence-electron chi connectivity index (χ3n) is 5.39. The van der Waals surface area contributed by atoms with E-state index in [9.17, 15) is 14.4 Å². The lowest BCUT2D eigenvalue weighted by Gasteiger charge is -2.25. The fraction of sp³-hybridized carbons (Fsp3) is 0.346. The van der Waals surface area contributed by atoms with E-state index in [-0.39, 0.29) is 25.5 Å². The molecule has 0 saturated carbocycles. The van der Waals surface area contributed by atoms with Gasteiger partial charge in [0.1, 0.15) is 24.6 Å². The number of hydrogen-bond donors (Lipinski definition) is 2. The Labute approximate surface area is 217 Å². The van der Waals surface area contributed by atoms with Gasteiger partial charge in [-0.1, -0.05) is 48.5 Å². The van der Waals surface area contributed by atoms with Gasteiger partial charge in [-0.2, -0.15) is 0 Å². The molecule has 0 aliphatic carbocycles. The molecule has 0 bridgehead atoms. The highest BCUT2D eigenvalue weighted by molar-refractivity contribution is 7.45. The molecule has 3 unspecified atom stereocenters. The first-order valence-electron chi connectivity index (χ1n) is 11.9. The van der Waals surface area contributed by atoms with E-state index >= 15 is 0 Å². The number of nitrogens with zero attached hydrogens (tertiary/aromatic N) is 1. The van der Waals surface area contributed by atoms with Crippen LogP contribution in [0.3, 0.4) is 0 Å². The molecule has 0 radical (unpaired) electrons. The molecule has 2 N–H and O–H groups in total. The van der Waals surface area contributed by atoms with E-state index in [1.807, 2.05) is 66.0 Å². The minimum absolute atomic E-state index is 0.181. The summed E-state index contributed by atoms with van der Waals surface area (Å²) in [6.07, 6.45) is 4.19. The quantitative estimate of drug-likeness (QED) is 0.165. The van der Waals surface area contributed by atoms with Gasteiger partial charge >= 0.3 is 14.5 Å². The zero-order valence-corrected chi connectivity index (χ0v) is 21.7. The first-order valence-corrected chi connectivity index (χ1v) is 13.0. The van der Waals surface area contributed by atoms with Crippen molar-refractivity contribution in [3.63, 3.8) is 0 Å². The standard InChI is InChI=1S/C26H32N3O7P/c1-20(26(32)33-17-21-9-5-3-6-10-21)28-37(36-22-11-7-4-8-12-22)34-18-23-13-14-25(35-23)29(2)16-15-24(31)27-19-30/h3-12,15-16,19-20,23,25,28H,13-14,17-18H2,1-2H3,(H,27,30,31)/b16-15-/t20-,23?,25?,37?/m1/s1. The second-order valence-corrected chi connectivity index (χ2v) is 9.51. The number of para-hydroxylation sites is 1. The zero-order chi connectivity index (χ0) is 26.5. The van der Waals surface area contributed by atoms with Gasteiger partial charge in [0.05, 0.1) is 12.7 Å². The molecule has 10 nitrogen and oxygen atoms in total. The summed E-state index contributed by atoms with van der Waals surface area (Å²) in [5, 5.41) is 5.15. The van der Waals surface area contributed by atoms with Gasteiger partial charge in [-0.3, -0.25) is 19.7 Å². The van der Waals surface area contributed by atoms with Crippen molar-refractivity contribution in [3.8, 4) is 5.75 Å². The largest absolute Gasteiger partial charge is 0.460 e. The van der Waals surface area contributed by atoms with Crippen molar-refractivity contribution in [2.75, 3.05) is 13.7 Å². The van der Waals surface area contributed by atoms with Crippen molar-refractivity contribution in [1.82, 2.24) is 15.3 Å². The lowest BCUT2D eigenvalue weighted by atomic mass is 10.2. The number of hydrogen-bond acceptors (Lipinski definition) is 9. The molecule has 1 fully saturated rings. The smallest absolute Gasteiger partial charge is 0.323 e. The average molecular weight is 530 g/mol. The van der Waals surface area contributed by atoms with Crippen LogP contribution in [0.2, 0.25) is 0 Å². The maximum atomic E-state index is 12.6. The van der Waals surface area contributed by atoms with Crippen molar-refractivity contribution in [3.05, 3.63) is 78.5 Å². The van der Waals surface area contributed by atoms with E-state index in [4.69, 9.17) is 18.5 Å². The maximum Gasteiger partial charge on any atom is 0.323 e. The summed E-state index contributed by atoms with van der Waals surface area (Å²) < 4.78 is 23.5. The van der Waals surface area contributed by atoms with Crippen LogP contribution in [-0.4, -0.2) is 55.2 Å². The first-order chi connectivity index (χ1) is 17.9. The summed E-state index contributed by atoms with van der Waals surface area (Å²) in [6, 6.07) is 18.0. The van der Waals surface area contributed by atoms with E-state index in [1.165, 1.54) is 6.08 Å². The molecule has 0 spiro atoms. The molecule has 3 rings (SSSR count). The summed E-state index contributed by atoms with van der Waals surface area (Å²) in [5.74, 6) is -0.318. The van der Waals surface area contributed by atoms with Gasteiger partial charge < -0.3 is 23.4 Å². The van der Waals surface area contributed by atoms with Crippen LogP contribution in [-0.2, 0) is 35.0 Å². The number of esters is 1. The number of carbonyl (C=O) groups is 3. The van der Waals surface area contributed by atoms with Crippen molar-refractivity contribution in [1.29, 1.82) is 0 Å². The fourth-order valence-corrected chi connectivity index (χ4v) is 4.60. The molecule has 1 saturated heterocycles. The average Bonchev–Trinajstić information content (AvgIpc) is 3.39. The van der Waals surface area contributed by atoms with Gasteiger partial charge in [-0.25, -0.2) is 5.09 Å². The van der Waals surface area contributed by atoms with Crippen molar-refractivity contribution in [2.45, 2.75) is 44.7 Å². The Balaban J connectivity index is 1.51. The van der Waals surface area contributed by atoms with Crippen LogP contribution in [0.4, 0.5) is 0 Å². The van der Waals surface area contributed by atoms with Gasteiger partial charge in [0.15, 0.2) is 0 Å². The number of nitrogens with one attached hydrogen (secondary N) is 2. The van der Waals surface area contributed by atoms with Gasteiger partial charge in [-0.05, 0) is 37.5 Å². The van der Waals surface area contributed by atoms with Crippen LogP contribution in [0.5, 0.6) is 5.75 Å². The molecule has 198 valence electrons. The van der Waals surface area contributed by atoms with E-state index < -0.39 is 26.4 Å². The number of rotatable bonds is 14. The first kappa shape index (κ1) is 28.3. The minimum Gasteiger partial charge on any atom is -0.460 e. The summed E-state index contributed by atoms with van der Waals surface area (Å²) in [7, 11) is 0.102. The number of ether oxygens (including phenoxy) is 2. The normalized spacial score (nSPS) is 18.6. The number of carbonyl (C=O) groups excluding carboxylic acids is 3. The minimum atomic E-state index is -1.68. The lowest BCUT2D eigenvalue weighted by Crippen LogP contribution is -2.34. The molecule has 0 aromatic heterocycles. The van der Waals surface area contributed by atoms with Crippen molar-refractivity contribution in [2.24, 2.45) is 0 Å². The van der Waals surface area contributed by atoms with Gasteiger partial charge in [0, 0.05) is 19.3 Å². The second kappa shape index (κ2) is 15.1. The van der Waals surface area contributed by atoms with E-state index in [1.54, 1.807) is 25.1 Å². The zero-order valence-electron chi connectivity index (χ0n) is 20.8. The molecule has 37 heavy (non-hydrogen) atoms. The predicted molar refractivity (Wildman–Crippen MR) is 138 cm³/mol. The third-order valence-corrected chi connectivity index (χ3v) is 6.75. The summed E-state index contributed by atoms with van der Waals surface area (Å²) in [5.41, 5.74) is 0.902. The van der Waals surface area contributed by atoms with Crippen LogP contribution in [0, 0.1) is 0 Å². The molecule has 2 aromatic rings. The summed E-state index contributed by atoms with van der Waals surface area (Å²) >= 11 is 0. The lowest BCUT2D eigenvalue weighted by molar-refractivity contribution is -0.146. The monoisotopic (exact) mass is 529 g/mol. The Hall–Kier alpha value is -3.30. The van der Waals surface area contributed by atoms with Gasteiger partial charge in [0.25, 0.3) is 5.91 Å². The van der Waals surface area contributed by atoms with E-state index in [0.717, 1.165) is 18.4 Å². The van der Waals surface area contributed by atoms with Crippen LogP contribution < -0.4 is 14.9 Å². The molecule has 1 aliphatic heterocycles. The highest BCUT2D eigenvalue weighted by Crippen LogP contribution is 2.37. The highest BCUT2D eigenvalue weighted by Gasteiger charge is 2.30. The number of imide groups is 1. The highest BCUT2D eigenvalue weighted by atomic mass is 31.2. The molecule has 1 heterocycles. The third kappa shape index (κ3) is 9.93. The molecule has 4 atom stereocenters. The number of amides is 2. The molecule has 1 aliphatic rings. The summed E-state index contributed by atoms with van der Waals surface area (Å²) in [6.45, 7) is 2.13. The number of benzene rings is 2. The van der Waals surface area contributed by atoms with Crippen LogP contribution in [0.15, 0.2) is 72.9 Å². The molecule has 11 heteroatoms. The maximum absolute atomic E-state index is 12.6. The van der Waals surface area contributed by atoms with Crippen molar-refractivity contribution < 1.29 is 32.9 Å². The molecule has 2 aromatic carbocycles. The predicted octanol–water partition coefficient (Wildman–Crippen LogP) is 3.25. The Morgan fingerprint density at radius 1 is 1.14 bits per heavy atom. The Bertz CT molecular complexity index is 1030. The SMILES string of the molecule is C[C@@H](NP(OCC1CCC(N(C)/C=C\C(=O)NC=O)O1)Oc1ccccc1)C(=O)OCc1ccccc1. The topological polar surface area (TPSA) is 115 Å². The van der Waals surface area contributed by atoms with Crippen LogP contribution in [0.1, 0.15) is 25.3 Å². The Morgan fingerprint density at radius 3 is 2.54 bits per heavy atom. The summed E-state index contributed by atoms with van der Waals surface area (Å²) in [4.78, 5) is 36.1. The van der Waals surface area contributed by atoms with E-state index in [0.29, 0.717) is 12.2 Å². The Morgan fingerprint density at radius 2 is 1.84 bits per heavy atom. The second-order valence-electron chi connectivity index (χ2n) is 8.30. The molecular weight excluding hydrogens is 497 g/mol. The Kier molecular flexibility index (Phi) is 11.5. The fourth-order valence-electron chi connectivity index (χ4n) is 3.38. The van der Waals surface area contributed by atoms with Gasteiger partial charge in [-0.15, -0.1) is 0 Å². The van der Waals surface area contributed by atoms with E-state index in [2.05, 4.69) is 5.09 Å². The molecular formula is C26H32N3O7P. The van der Waals surface area contributed by atoms with Crippen molar-refractivity contribution >= 4 is 26.8 Å².